The summed E-state index contributed by atoms with van der Waals surface area (Å²) in [7, 11) is -4.36. The Kier molecular flexibility index (Phi) is 10.6. The van der Waals surface area contributed by atoms with E-state index in [1.807, 2.05) is 47.2 Å². The first-order valence-electron chi connectivity index (χ1n) is 21.2. The van der Waals surface area contributed by atoms with E-state index in [2.05, 4.69) is 25.1 Å². The second-order valence-electron chi connectivity index (χ2n) is 17.8. The Bertz CT molecular complexity index is 2810. The van der Waals surface area contributed by atoms with Crippen LogP contribution in [-0.2, 0) is 32.8 Å². The zero-order chi connectivity index (χ0) is 44.7. The van der Waals surface area contributed by atoms with Crippen molar-refractivity contribution in [2.45, 2.75) is 56.8 Å². The summed E-state index contributed by atoms with van der Waals surface area (Å²) in [6, 6.07) is 16.4. The summed E-state index contributed by atoms with van der Waals surface area (Å²) in [6.07, 6.45) is 1.11. The van der Waals surface area contributed by atoms with Gasteiger partial charge in [-0.2, -0.15) is 12.7 Å². The van der Waals surface area contributed by atoms with Gasteiger partial charge in [0.05, 0.1) is 23.4 Å². The van der Waals surface area contributed by atoms with Gasteiger partial charge in [-0.1, -0.05) is 30.3 Å². The number of nitrogens with zero attached hydrogens (tertiary/aromatic N) is 5. The average Bonchev–Trinajstić information content (AvgIpc) is 3.96. The van der Waals surface area contributed by atoms with E-state index in [-0.39, 0.29) is 42.2 Å². The van der Waals surface area contributed by atoms with Gasteiger partial charge < -0.3 is 20.1 Å². The molecule has 64 heavy (non-hydrogen) atoms. The van der Waals surface area contributed by atoms with Gasteiger partial charge in [-0.15, -0.1) is 0 Å². The maximum atomic E-state index is 15.7. The molecule has 4 saturated heterocycles. The predicted octanol–water partition coefficient (Wildman–Crippen LogP) is 3.78. The van der Waals surface area contributed by atoms with Gasteiger partial charge in [-0.25, -0.2) is 18.2 Å². The van der Waals surface area contributed by atoms with Crippen molar-refractivity contribution in [3.63, 3.8) is 0 Å². The fourth-order valence-electron chi connectivity index (χ4n) is 10.0. The third-order valence-corrected chi connectivity index (χ3v) is 14.7. The minimum Gasteiger partial charge on any atom is -0.391 e. The maximum Gasteiger partial charge on any atom is 0.301 e. The van der Waals surface area contributed by atoms with Crippen molar-refractivity contribution in [1.29, 1.82) is 0 Å². The zero-order valence-corrected chi connectivity index (χ0v) is 35.3. The Hall–Kier alpha value is -5.70. The number of amides is 2. The fourth-order valence-corrected chi connectivity index (χ4v) is 11.3. The lowest BCUT2D eigenvalue weighted by atomic mass is 9.72. The number of aromatic amines is 1. The minimum absolute atomic E-state index is 0.00210. The number of fused-ring (bicyclic) bond motifs is 2. The van der Waals surface area contributed by atoms with Crippen LogP contribution in [0.15, 0.2) is 73.1 Å². The highest BCUT2D eigenvalue weighted by Crippen LogP contribution is 2.43. The number of imide groups is 1. The molecule has 4 atom stereocenters. The Morgan fingerprint density at radius 3 is 2.52 bits per heavy atom. The van der Waals surface area contributed by atoms with E-state index in [1.54, 1.807) is 17.2 Å². The van der Waals surface area contributed by atoms with Gasteiger partial charge in [0, 0.05) is 98.8 Å². The number of rotatable bonds is 12. The van der Waals surface area contributed by atoms with Crippen LogP contribution in [0, 0.1) is 17.0 Å². The number of aliphatic hydroxyl groups is 2. The lowest BCUT2D eigenvalue weighted by molar-refractivity contribution is -0.141. The van der Waals surface area contributed by atoms with Crippen LogP contribution in [0.1, 0.15) is 58.1 Å². The van der Waals surface area contributed by atoms with Crippen molar-refractivity contribution in [3.05, 3.63) is 113 Å². The molecular formula is C45H45F3N8O7S. The first-order chi connectivity index (χ1) is 30.6. The Morgan fingerprint density at radius 1 is 1.00 bits per heavy atom. The van der Waals surface area contributed by atoms with Crippen LogP contribution in [0.25, 0.3) is 22.2 Å². The van der Waals surface area contributed by atoms with Crippen LogP contribution < -0.4 is 14.9 Å². The highest BCUT2D eigenvalue weighted by atomic mass is 32.2. The highest BCUT2D eigenvalue weighted by Gasteiger charge is 2.52. The van der Waals surface area contributed by atoms with Crippen LogP contribution >= 0.6 is 0 Å². The normalized spacial score (nSPS) is 23.0. The number of H-pyrrole nitrogens is 1. The topological polar surface area (TPSA) is 192 Å². The van der Waals surface area contributed by atoms with Crippen molar-refractivity contribution in [2.75, 3.05) is 55.4 Å². The van der Waals surface area contributed by atoms with E-state index in [0.29, 0.717) is 42.5 Å². The molecule has 2 amide bonds. The molecule has 5 aliphatic heterocycles. The van der Waals surface area contributed by atoms with Crippen molar-refractivity contribution in [2.24, 2.45) is 5.41 Å². The second kappa shape index (κ2) is 16.1. The maximum absolute atomic E-state index is 15.7. The highest BCUT2D eigenvalue weighted by molar-refractivity contribution is 7.90. The molecule has 334 valence electrons. The second-order valence-corrected chi connectivity index (χ2v) is 19.4. The van der Waals surface area contributed by atoms with Crippen LogP contribution in [0.4, 0.5) is 24.5 Å². The van der Waals surface area contributed by atoms with E-state index < -0.39 is 70.0 Å². The third kappa shape index (κ3) is 7.72. The summed E-state index contributed by atoms with van der Waals surface area (Å²) in [5.41, 5.74) is 3.90. The molecule has 5 N–H and O–H groups in total. The van der Waals surface area contributed by atoms with Crippen LogP contribution in [0.2, 0.25) is 0 Å². The Labute approximate surface area is 366 Å². The number of carbonyl (C=O) groups excluding carboxylic acids is 3. The van der Waals surface area contributed by atoms with Crippen LogP contribution in [-0.4, -0.2) is 124 Å². The molecule has 0 aliphatic carbocycles. The molecule has 0 saturated carbocycles. The zero-order valence-electron chi connectivity index (χ0n) is 34.4. The van der Waals surface area contributed by atoms with Crippen molar-refractivity contribution in [1.82, 2.24) is 29.4 Å². The fraction of sp³-hybridized carbons (Fsp3) is 0.378. The molecule has 7 heterocycles. The quantitative estimate of drug-likeness (QED) is 0.0906. The SMILES string of the molecule is O=C1CC[C@H](N2Cc3cc(C[C@H](O)CN4CC5(C4)CN(c4ccc(-c6cnc7[nH]cc(C(=O)c8c(F)ccc(NS(=O)(=O)N9CC[C@@H](F)C9)c8F)c7c6)cc4)C5)ccc3C2O)C(=O)N1. The molecule has 5 aromatic rings. The molecule has 15 nitrogen and oxygen atoms in total. The standard InChI is InChI=1S/C45H45F3N8O7S/c46-29-11-12-55(19-29)64(62,63)52-36-8-7-35(47)39(40(36)48)41(59)34-17-50-42-33(34)15-27(16-49-42)26-2-4-30(5-3-26)54-23-45(24-54)21-53(22-45)20-31(57)14-25-1-6-32-28(13-25)18-56(44(32)61)37-9-10-38(58)51-43(37)60/h1-8,13,15-17,29,31,37,44,52,57,61H,9-12,14,18-24H2,(H,49,50)(H,51,58,60)/t29-,31+,37+,44?/m1/s1. The molecule has 0 radical (unpaired) electrons. The smallest absolute Gasteiger partial charge is 0.301 e. The molecule has 5 aliphatic rings. The lowest BCUT2D eigenvalue weighted by Gasteiger charge is -2.61. The summed E-state index contributed by atoms with van der Waals surface area (Å²) in [5.74, 6) is -4.27. The number of pyridine rings is 1. The van der Waals surface area contributed by atoms with Crippen molar-refractivity contribution >= 4 is 50.2 Å². The van der Waals surface area contributed by atoms with E-state index in [0.717, 1.165) is 70.6 Å². The average molecular weight is 899 g/mol. The third-order valence-electron chi connectivity index (χ3n) is 13.2. The first-order valence-corrected chi connectivity index (χ1v) is 22.6. The number of hydrogen-bond donors (Lipinski definition) is 5. The summed E-state index contributed by atoms with van der Waals surface area (Å²) < 4.78 is 73.0. The minimum atomic E-state index is -4.36. The largest absolute Gasteiger partial charge is 0.391 e. The number of nitrogens with one attached hydrogen (secondary N) is 3. The molecule has 2 aromatic heterocycles. The van der Waals surface area contributed by atoms with E-state index in [1.165, 1.54) is 6.20 Å². The molecule has 19 heteroatoms. The number of anilines is 2. The van der Waals surface area contributed by atoms with Crippen molar-refractivity contribution in [3.8, 4) is 11.1 Å². The first kappa shape index (κ1) is 42.3. The number of alkyl halides is 1. The van der Waals surface area contributed by atoms with Crippen LogP contribution in [0.5, 0.6) is 0 Å². The van der Waals surface area contributed by atoms with Gasteiger partial charge in [0.25, 0.3) is 0 Å². The van der Waals surface area contributed by atoms with E-state index in [4.69, 9.17) is 0 Å². The number of piperidine rings is 1. The number of ketones is 1. The van der Waals surface area contributed by atoms with Gasteiger partial charge in [0.1, 0.15) is 23.9 Å². The van der Waals surface area contributed by atoms with Gasteiger partial charge >= 0.3 is 10.2 Å². The van der Waals surface area contributed by atoms with Gasteiger partial charge in [-0.3, -0.25) is 34.2 Å². The molecular weight excluding hydrogens is 854 g/mol. The van der Waals surface area contributed by atoms with Gasteiger partial charge in [-0.05, 0) is 71.8 Å². The molecule has 3 aromatic carbocycles. The molecule has 1 unspecified atom stereocenters. The summed E-state index contributed by atoms with van der Waals surface area (Å²) in [6.45, 7) is 3.89. The summed E-state index contributed by atoms with van der Waals surface area (Å²) in [5, 5.41) is 24.6. The number of hydrogen-bond acceptors (Lipinski definition) is 11. The Balaban J connectivity index is 0.736. The number of aromatic nitrogens is 2. The number of aliphatic hydroxyl groups excluding tert-OH is 2. The van der Waals surface area contributed by atoms with Gasteiger partial charge in [0.15, 0.2) is 5.82 Å². The van der Waals surface area contributed by atoms with Crippen LogP contribution in [0.3, 0.4) is 0 Å². The van der Waals surface area contributed by atoms with E-state index >= 15 is 8.78 Å². The molecule has 4 fully saturated rings. The monoisotopic (exact) mass is 898 g/mol. The lowest BCUT2D eigenvalue weighted by Crippen LogP contribution is -2.72. The predicted molar refractivity (Wildman–Crippen MR) is 229 cm³/mol. The molecule has 1 spiro atoms. The number of benzene rings is 3. The molecule has 10 rings (SSSR count). The summed E-state index contributed by atoms with van der Waals surface area (Å²) >= 11 is 0. The number of likely N-dealkylation sites (tertiary alicyclic amines) is 1. The van der Waals surface area contributed by atoms with E-state index in [9.17, 15) is 37.4 Å². The number of carbonyl (C=O) groups is 3. The summed E-state index contributed by atoms with van der Waals surface area (Å²) in [4.78, 5) is 51.4. The Morgan fingerprint density at radius 2 is 1.78 bits per heavy atom. The van der Waals surface area contributed by atoms with Crippen molar-refractivity contribution < 1.29 is 46.2 Å². The number of halogens is 3. The van der Waals surface area contributed by atoms with Gasteiger partial charge in [0.2, 0.25) is 17.6 Å². The molecule has 0 bridgehead atoms. The number of β-amino-alcohol motifs (C(OH)–C–C–N with tert-alkyl or cyclic N) is 1.